The van der Waals surface area contributed by atoms with Crippen molar-refractivity contribution in [1.82, 2.24) is 4.90 Å². The van der Waals surface area contributed by atoms with Crippen LogP contribution < -0.4 is 0 Å². The minimum Gasteiger partial charge on any atom is -0.468 e. The Bertz CT molecular complexity index is 292. The zero-order valence-corrected chi connectivity index (χ0v) is 9.17. The fourth-order valence-electron chi connectivity index (χ4n) is 2.21. The van der Waals surface area contributed by atoms with Crippen LogP contribution in [0.15, 0.2) is 0 Å². The van der Waals surface area contributed by atoms with Crippen LogP contribution in [-0.2, 0) is 14.3 Å². The predicted molar refractivity (Wildman–Crippen MR) is 51.3 cm³/mol. The molecule has 2 heterocycles. The van der Waals surface area contributed by atoms with Crippen molar-refractivity contribution >= 4 is 5.97 Å². The molecule has 0 aromatic heterocycles. The van der Waals surface area contributed by atoms with Gasteiger partial charge in [0.15, 0.2) is 0 Å². The number of methoxy groups -OCH3 is 1. The van der Waals surface area contributed by atoms with Gasteiger partial charge in [-0.2, -0.15) is 0 Å². The molecular formula is C10H15F2NO3. The summed E-state index contributed by atoms with van der Waals surface area (Å²) in [5.41, 5.74) is -0.727. The monoisotopic (exact) mass is 235 g/mol. The van der Waals surface area contributed by atoms with Crippen molar-refractivity contribution in [2.75, 3.05) is 40.0 Å². The average Bonchev–Trinajstić information content (AvgIpc) is 2.50. The highest BCUT2D eigenvalue weighted by Crippen LogP contribution is 2.34. The first kappa shape index (κ1) is 11.7. The molecule has 0 spiro atoms. The molecule has 0 N–H and O–H groups in total. The predicted octanol–water partition coefficient (Wildman–Crippen LogP) is 0.517. The first-order valence-corrected chi connectivity index (χ1v) is 5.24. The molecule has 0 bridgehead atoms. The zero-order chi connectivity index (χ0) is 11.8. The van der Waals surface area contributed by atoms with Gasteiger partial charge in [-0.05, 0) is 0 Å². The number of halogens is 2. The standard InChI is InChI=1S/C10H15F2NO3/c1-15-8(14)9(6-16-7-9)4-13-3-2-10(11,12)5-13/h2-7H2,1H3. The van der Waals surface area contributed by atoms with Crippen molar-refractivity contribution in [2.45, 2.75) is 12.3 Å². The lowest BCUT2D eigenvalue weighted by atomic mass is 9.85. The summed E-state index contributed by atoms with van der Waals surface area (Å²) in [6.45, 7) is 0.885. The number of hydrogen-bond acceptors (Lipinski definition) is 4. The van der Waals surface area contributed by atoms with Crippen molar-refractivity contribution in [1.29, 1.82) is 0 Å². The molecule has 0 atom stereocenters. The molecule has 0 saturated carbocycles. The number of alkyl halides is 2. The van der Waals surface area contributed by atoms with Crippen molar-refractivity contribution in [2.24, 2.45) is 5.41 Å². The number of carbonyl (C=O) groups excluding carboxylic acids is 1. The molecule has 0 amide bonds. The minimum absolute atomic E-state index is 0.134. The maximum Gasteiger partial charge on any atom is 0.317 e. The Balaban J connectivity index is 1.95. The van der Waals surface area contributed by atoms with E-state index in [1.54, 1.807) is 4.90 Å². The number of ether oxygens (including phenoxy) is 2. The van der Waals surface area contributed by atoms with Crippen molar-refractivity contribution < 1.29 is 23.0 Å². The molecule has 0 unspecified atom stereocenters. The summed E-state index contributed by atoms with van der Waals surface area (Å²) < 4.78 is 35.7. The fraction of sp³-hybridized carbons (Fsp3) is 0.900. The second kappa shape index (κ2) is 3.92. The van der Waals surface area contributed by atoms with E-state index >= 15 is 0 Å². The van der Waals surface area contributed by atoms with Gasteiger partial charge in [0.1, 0.15) is 5.41 Å². The van der Waals surface area contributed by atoms with Crippen LogP contribution >= 0.6 is 0 Å². The van der Waals surface area contributed by atoms with Gasteiger partial charge in [0.05, 0.1) is 26.9 Å². The third kappa shape index (κ3) is 2.04. The first-order chi connectivity index (χ1) is 7.47. The van der Waals surface area contributed by atoms with E-state index in [4.69, 9.17) is 4.74 Å². The van der Waals surface area contributed by atoms with Crippen LogP contribution in [0.5, 0.6) is 0 Å². The van der Waals surface area contributed by atoms with Gasteiger partial charge in [0.25, 0.3) is 5.92 Å². The third-order valence-corrected chi connectivity index (χ3v) is 3.15. The quantitative estimate of drug-likeness (QED) is 0.668. The molecule has 4 nitrogen and oxygen atoms in total. The van der Waals surface area contributed by atoms with Gasteiger partial charge in [0, 0.05) is 19.5 Å². The number of esters is 1. The lowest BCUT2D eigenvalue weighted by Crippen LogP contribution is -2.56. The van der Waals surface area contributed by atoms with Gasteiger partial charge >= 0.3 is 5.97 Å². The maximum atomic E-state index is 13.0. The number of likely N-dealkylation sites (tertiary alicyclic amines) is 1. The molecule has 0 radical (unpaired) electrons. The SMILES string of the molecule is COC(=O)C1(CN2CCC(F)(F)C2)COC1. The van der Waals surface area contributed by atoms with E-state index in [9.17, 15) is 13.6 Å². The summed E-state index contributed by atoms with van der Waals surface area (Å²) in [4.78, 5) is 13.2. The van der Waals surface area contributed by atoms with E-state index < -0.39 is 11.3 Å². The van der Waals surface area contributed by atoms with Crippen LogP contribution in [0.3, 0.4) is 0 Å². The highest BCUT2D eigenvalue weighted by Gasteiger charge is 2.50. The van der Waals surface area contributed by atoms with Gasteiger partial charge in [0.2, 0.25) is 0 Å². The molecular weight excluding hydrogens is 220 g/mol. The summed E-state index contributed by atoms with van der Waals surface area (Å²) in [5, 5.41) is 0. The molecule has 6 heteroatoms. The summed E-state index contributed by atoms with van der Waals surface area (Å²) in [6, 6.07) is 0. The van der Waals surface area contributed by atoms with Gasteiger partial charge in [-0.25, -0.2) is 8.78 Å². The Morgan fingerprint density at radius 3 is 2.56 bits per heavy atom. The summed E-state index contributed by atoms with van der Waals surface area (Å²) in [5.74, 6) is -2.99. The first-order valence-electron chi connectivity index (χ1n) is 5.24. The number of nitrogens with zero attached hydrogens (tertiary/aromatic N) is 1. The largest absolute Gasteiger partial charge is 0.468 e. The lowest BCUT2D eigenvalue weighted by molar-refractivity contribution is -0.186. The lowest BCUT2D eigenvalue weighted by Gasteiger charge is -2.40. The van der Waals surface area contributed by atoms with E-state index in [1.165, 1.54) is 7.11 Å². The van der Waals surface area contributed by atoms with E-state index in [0.717, 1.165) is 0 Å². The Morgan fingerprint density at radius 1 is 1.50 bits per heavy atom. The molecule has 2 saturated heterocycles. The Kier molecular flexibility index (Phi) is 2.88. The van der Waals surface area contributed by atoms with Gasteiger partial charge < -0.3 is 9.47 Å². The Labute approximate surface area is 92.5 Å². The number of carbonyl (C=O) groups is 1. The summed E-state index contributed by atoms with van der Waals surface area (Å²) in [6.07, 6.45) is -0.134. The second-order valence-electron chi connectivity index (χ2n) is 4.58. The second-order valence-corrected chi connectivity index (χ2v) is 4.58. The van der Waals surface area contributed by atoms with E-state index in [0.29, 0.717) is 13.1 Å². The number of rotatable bonds is 3. The molecule has 0 aromatic carbocycles. The highest BCUT2D eigenvalue weighted by atomic mass is 19.3. The summed E-state index contributed by atoms with van der Waals surface area (Å²) in [7, 11) is 1.31. The minimum atomic E-state index is -2.62. The van der Waals surface area contributed by atoms with Crippen LogP contribution in [0.25, 0.3) is 0 Å². The molecule has 2 aliphatic rings. The topological polar surface area (TPSA) is 38.8 Å². The highest BCUT2D eigenvalue weighted by molar-refractivity contribution is 5.78. The average molecular weight is 235 g/mol. The maximum absolute atomic E-state index is 13.0. The smallest absolute Gasteiger partial charge is 0.317 e. The molecule has 0 aliphatic carbocycles. The van der Waals surface area contributed by atoms with E-state index in [1.807, 2.05) is 0 Å². The Hall–Kier alpha value is -0.750. The van der Waals surface area contributed by atoms with Crippen LogP contribution in [-0.4, -0.2) is 56.7 Å². The van der Waals surface area contributed by atoms with Crippen LogP contribution in [0.4, 0.5) is 8.78 Å². The van der Waals surface area contributed by atoms with Gasteiger partial charge in [-0.3, -0.25) is 9.69 Å². The van der Waals surface area contributed by atoms with Crippen molar-refractivity contribution in [3.05, 3.63) is 0 Å². The van der Waals surface area contributed by atoms with Crippen molar-refractivity contribution in [3.63, 3.8) is 0 Å². The molecule has 0 aromatic rings. The van der Waals surface area contributed by atoms with E-state index in [-0.39, 0.29) is 32.1 Å². The number of hydrogen-bond donors (Lipinski definition) is 0. The van der Waals surface area contributed by atoms with Gasteiger partial charge in [-0.15, -0.1) is 0 Å². The zero-order valence-electron chi connectivity index (χ0n) is 9.17. The fourth-order valence-corrected chi connectivity index (χ4v) is 2.21. The van der Waals surface area contributed by atoms with Crippen LogP contribution in [0.1, 0.15) is 6.42 Å². The summed E-state index contributed by atoms with van der Waals surface area (Å²) >= 11 is 0. The molecule has 92 valence electrons. The third-order valence-electron chi connectivity index (χ3n) is 3.15. The normalized spacial score (nSPS) is 27.4. The van der Waals surface area contributed by atoms with Gasteiger partial charge in [-0.1, -0.05) is 0 Å². The van der Waals surface area contributed by atoms with E-state index in [2.05, 4.69) is 4.74 Å². The molecule has 2 aliphatic heterocycles. The van der Waals surface area contributed by atoms with Crippen LogP contribution in [0.2, 0.25) is 0 Å². The van der Waals surface area contributed by atoms with Crippen molar-refractivity contribution in [3.8, 4) is 0 Å². The Morgan fingerprint density at radius 2 is 2.19 bits per heavy atom. The molecule has 16 heavy (non-hydrogen) atoms. The molecule has 2 rings (SSSR count). The van der Waals surface area contributed by atoms with Crippen LogP contribution in [0, 0.1) is 5.41 Å². The molecule has 2 fully saturated rings.